The van der Waals surface area contributed by atoms with Crippen LogP contribution in [0.25, 0.3) is 12.2 Å². The molecule has 0 radical (unpaired) electrons. The van der Waals surface area contributed by atoms with Gasteiger partial charge in [-0.25, -0.2) is 4.98 Å². The van der Waals surface area contributed by atoms with Gasteiger partial charge in [0, 0.05) is 6.54 Å². The molecule has 1 heterocycles. The van der Waals surface area contributed by atoms with E-state index in [0.29, 0.717) is 16.7 Å². The molecule has 2 aromatic rings. The Morgan fingerprint density at radius 1 is 1.26 bits per heavy atom. The van der Waals surface area contributed by atoms with E-state index in [-0.39, 0.29) is 5.91 Å². The third-order valence-corrected chi connectivity index (χ3v) is 4.00. The Kier molecular flexibility index (Phi) is 7.39. The number of aromatic nitrogens is 3. The first-order chi connectivity index (χ1) is 11.3. The molecule has 0 aliphatic carbocycles. The van der Waals surface area contributed by atoms with Crippen molar-refractivity contribution in [1.82, 2.24) is 20.5 Å². The number of carbonyl (C=O) groups is 1. The van der Waals surface area contributed by atoms with E-state index < -0.39 is 0 Å². The van der Waals surface area contributed by atoms with Crippen LogP contribution >= 0.6 is 11.8 Å². The van der Waals surface area contributed by atoms with Crippen molar-refractivity contribution >= 4 is 29.8 Å². The molecular formula is C17H22N4OS. The van der Waals surface area contributed by atoms with Crippen LogP contribution in [0.5, 0.6) is 0 Å². The van der Waals surface area contributed by atoms with E-state index in [1.165, 1.54) is 11.8 Å². The van der Waals surface area contributed by atoms with Crippen LogP contribution < -0.4 is 5.32 Å². The molecule has 2 N–H and O–H groups in total. The van der Waals surface area contributed by atoms with Crippen LogP contribution in [-0.2, 0) is 4.79 Å². The van der Waals surface area contributed by atoms with Crippen molar-refractivity contribution < 1.29 is 4.79 Å². The number of thioether (sulfide) groups is 1. The summed E-state index contributed by atoms with van der Waals surface area (Å²) in [6.45, 7) is 2.89. The zero-order valence-electron chi connectivity index (χ0n) is 13.3. The highest BCUT2D eigenvalue weighted by atomic mass is 32.2. The lowest BCUT2D eigenvalue weighted by molar-refractivity contribution is -0.118. The molecule has 6 heteroatoms. The van der Waals surface area contributed by atoms with E-state index in [1.807, 2.05) is 42.5 Å². The first-order valence-electron chi connectivity index (χ1n) is 7.83. The lowest BCUT2D eigenvalue weighted by Gasteiger charge is -2.02. The predicted octanol–water partition coefficient (Wildman–Crippen LogP) is 3.37. The number of benzene rings is 1. The lowest BCUT2D eigenvalue weighted by Crippen LogP contribution is -2.26. The van der Waals surface area contributed by atoms with Gasteiger partial charge in [-0.05, 0) is 18.1 Å². The molecule has 0 fully saturated rings. The quantitative estimate of drug-likeness (QED) is 0.546. The van der Waals surface area contributed by atoms with Crippen LogP contribution in [0, 0.1) is 0 Å². The van der Waals surface area contributed by atoms with Crippen LogP contribution in [0.1, 0.15) is 37.6 Å². The second-order valence-electron chi connectivity index (χ2n) is 5.09. The van der Waals surface area contributed by atoms with Crippen LogP contribution in [0.3, 0.4) is 0 Å². The smallest absolute Gasteiger partial charge is 0.230 e. The van der Waals surface area contributed by atoms with E-state index in [9.17, 15) is 4.79 Å². The molecule has 2 rings (SSSR count). The minimum atomic E-state index is 0.0253. The van der Waals surface area contributed by atoms with Gasteiger partial charge in [0.25, 0.3) is 0 Å². The third-order valence-electron chi connectivity index (χ3n) is 3.15. The maximum atomic E-state index is 11.7. The number of nitrogens with zero attached hydrogens (tertiary/aromatic N) is 2. The number of rotatable bonds is 9. The Morgan fingerprint density at radius 2 is 2.09 bits per heavy atom. The Morgan fingerprint density at radius 3 is 2.87 bits per heavy atom. The summed E-state index contributed by atoms with van der Waals surface area (Å²) in [5.41, 5.74) is 1.10. The lowest BCUT2D eigenvalue weighted by atomic mass is 10.2. The van der Waals surface area contributed by atoms with Crippen LogP contribution in [0.2, 0.25) is 0 Å². The highest BCUT2D eigenvalue weighted by Crippen LogP contribution is 2.13. The fraction of sp³-hybridized carbons (Fsp3) is 0.353. The molecule has 1 aromatic carbocycles. The van der Waals surface area contributed by atoms with E-state index >= 15 is 0 Å². The van der Waals surface area contributed by atoms with Crippen molar-refractivity contribution in [2.75, 3.05) is 12.3 Å². The zero-order valence-corrected chi connectivity index (χ0v) is 14.1. The normalized spacial score (nSPS) is 11.0. The van der Waals surface area contributed by atoms with Gasteiger partial charge < -0.3 is 5.32 Å². The van der Waals surface area contributed by atoms with E-state index in [2.05, 4.69) is 27.4 Å². The second kappa shape index (κ2) is 9.84. The first kappa shape index (κ1) is 17.3. The molecule has 0 aliphatic rings. The number of amides is 1. The van der Waals surface area contributed by atoms with Gasteiger partial charge in [-0.1, -0.05) is 67.9 Å². The minimum Gasteiger partial charge on any atom is -0.355 e. The largest absolute Gasteiger partial charge is 0.355 e. The summed E-state index contributed by atoms with van der Waals surface area (Å²) < 4.78 is 0. The van der Waals surface area contributed by atoms with Gasteiger partial charge in [0.2, 0.25) is 11.1 Å². The van der Waals surface area contributed by atoms with Gasteiger partial charge in [0.1, 0.15) is 5.82 Å². The topological polar surface area (TPSA) is 70.7 Å². The summed E-state index contributed by atoms with van der Waals surface area (Å²) in [6.07, 6.45) is 7.17. The standard InChI is InChI=1S/C17H22N4OS/c1-2-3-7-12-18-16(22)13-23-17-19-15(20-21-17)11-10-14-8-5-4-6-9-14/h4-6,8-11H,2-3,7,12-13H2,1H3,(H,18,22)(H,19,20,21)/b11-10+. The Labute approximate surface area is 141 Å². The summed E-state index contributed by atoms with van der Waals surface area (Å²) in [7, 11) is 0. The van der Waals surface area contributed by atoms with Crippen molar-refractivity contribution in [2.45, 2.75) is 31.3 Å². The van der Waals surface area contributed by atoms with Gasteiger partial charge >= 0.3 is 0 Å². The molecule has 0 bridgehead atoms. The molecule has 23 heavy (non-hydrogen) atoms. The SMILES string of the molecule is CCCCCNC(=O)CSc1n[nH]c(/C=C/c2ccccc2)n1. The number of unbranched alkanes of at least 4 members (excludes halogenated alkanes) is 2. The maximum absolute atomic E-state index is 11.7. The van der Waals surface area contributed by atoms with Crippen LogP contribution in [-0.4, -0.2) is 33.4 Å². The first-order valence-corrected chi connectivity index (χ1v) is 8.81. The average molecular weight is 330 g/mol. The number of nitrogens with one attached hydrogen (secondary N) is 2. The second-order valence-corrected chi connectivity index (χ2v) is 6.04. The summed E-state index contributed by atoms with van der Waals surface area (Å²) in [4.78, 5) is 16.0. The molecule has 0 atom stereocenters. The Bertz CT molecular complexity index is 625. The summed E-state index contributed by atoms with van der Waals surface area (Å²) in [5.74, 6) is 1.04. The molecule has 0 unspecified atom stereocenters. The molecule has 0 spiro atoms. The van der Waals surface area contributed by atoms with Crippen molar-refractivity contribution in [3.05, 3.63) is 41.7 Å². The van der Waals surface area contributed by atoms with Crippen molar-refractivity contribution in [3.8, 4) is 0 Å². The predicted molar refractivity (Wildman–Crippen MR) is 95.0 cm³/mol. The highest BCUT2D eigenvalue weighted by Gasteiger charge is 2.06. The molecule has 0 aliphatic heterocycles. The fourth-order valence-electron chi connectivity index (χ4n) is 1.92. The molecule has 0 saturated carbocycles. The van der Waals surface area contributed by atoms with Gasteiger partial charge in [-0.15, -0.1) is 5.10 Å². The van der Waals surface area contributed by atoms with Crippen molar-refractivity contribution in [1.29, 1.82) is 0 Å². The maximum Gasteiger partial charge on any atom is 0.230 e. The molecule has 5 nitrogen and oxygen atoms in total. The number of aromatic amines is 1. The fourth-order valence-corrected chi connectivity index (χ4v) is 2.56. The third kappa shape index (κ3) is 6.69. The molecule has 1 amide bonds. The van der Waals surface area contributed by atoms with Crippen LogP contribution in [0.4, 0.5) is 0 Å². The minimum absolute atomic E-state index is 0.0253. The van der Waals surface area contributed by atoms with E-state index in [1.54, 1.807) is 0 Å². The van der Waals surface area contributed by atoms with Gasteiger partial charge in [-0.2, -0.15) is 0 Å². The molecule has 1 aromatic heterocycles. The number of H-pyrrole nitrogens is 1. The molecular weight excluding hydrogens is 308 g/mol. The molecule has 0 saturated heterocycles. The summed E-state index contributed by atoms with van der Waals surface area (Å²) >= 11 is 1.34. The van der Waals surface area contributed by atoms with Gasteiger partial charge in [-0.3, -0.25) is 9.89 Å². The van der Waals surface area contributed by atoms with Gasteiger partial charge in [0.05, 0.1) is 5.75 Å². The Hall–Kier alpha value is -2.08. The number of carbonyl (C=O) groups excluding carboxylic acids is 1. The van der Waals surface area contributed by atoms with Gasteiger partial charge in [0.15, 0.2) is 0 Å². The van der Waals surface area contributed by atoms with Crippen molar-refractivity contribution in [3.63, 3.8) is 0 Å². The van der Waals surface area contributed by atoms with E-state index in [4.69, 9.17) is 0 Å². The molecule has 122 valence electrons. The number of hydrogen-bond donors (Lipinski definition) is 2. The Balaban J connectivity index is 1.74. The zero-order chi connectivity index (χ0) is 16.3. The highest BCUT2D eigenvalue weighted by molar-refractivity contribution is 7.99. The number of hydrogen-bond acceptors (Lipinski definition) is 4. The van der Waals surface area contributed by atoms with E-state index in [0.717, 1.165) is 31.4 Å². The van der Waals surface area contributed by atoms with Crippen molar-refractivity contribution in [2.24, 2.45) is 0 Å². The monoisotopic (exact) mass is 330 g/mol. The summed E-state index contributed by atoms with van der Waals surface area (Å²) in [5, 5.41) is 10.5. The average Bonchev–Trinajstić information content (AvgIpc) is 3.04. The summed E-state index contributed by atoms with van der Waals surface area (Å²) in [6, 6.07) is 9.99. The van der Waals surface area contributed by atoms with Crippen LogP contribution in [0.15, 0.2) is 35.5 Å².